The van der Waals surface area contributed by atoms with Crippen molar-refractivity contribution in [1.29, 1.82) is 0 Å². The molecule has 0 radical (unpaired) electrons. The molecule has 1 atom stereocenters. The minimum atomic E-state index is 0.0243. The predicted molar refractivity (Wildman–Crippen MR) is 109 cm³/mol. The van der Waals surface area contributed by atoms with Crippen LogP contribution in [0.3, 0.4) is 0 Å². The minimum Gasteiger partial charge on any atom is -0.354 e. The maximum atomic E-state index is 11.1. The number of carbonyl (C=O) groups is 1. The molecule has 0 unspecified atom stereocenters. The summed E-state index contributed by atoms with van der Waals surface area (Å²) in [5.41, 5.74) is 4.40. The molecule has 0 aliphatic carbocycles. The maximum absolute atomic E-state index is 11.1. The molecule has 1 amide bonds. The zero-order valence-electron chi connectivity index (χ0n) is 15.0. The Morgan fingerprint density at radius 3 is 2.54 bits per heavy atom. The van der Waals surface area contributed by atoms with Crippen molar-refractivity contribution in [3.05, 3.63) is 65.5 Å². The number of amides is 1. The number of nitrogens with one attached hydrogen (secondary N) is 2. The van der Waals surface area contributed by atoms with Crippen LogP contribution in [0.15, 0.2) is 60.0 Å². The topological polar surface area (TPSA) is 54.0 Å². The molecule has 0 fully saturated rings. The van der Waals surface area contributed by atoms with Gasteiger partial charge in [0.25, 0.3) is 0 Å². The van der Waals surface area contributed by atoms with Gasteiger partial charge in [-0.3, -0.25) is 4.79 Å². The summed E-state index contributed by atoms with van der Waals surface area (Å²) in [6.45, 7) is 3.59. The number of carbonyl (C=O) groups excluding carboxylic acids is 1. The van der Waals surface area contributed by atoms with Gasteiger partial charge < -0.3 is 10.6 Å². The number of para-hydroxylation sites is 1. The summed E-state index contributed by atoms with van der Waals surface area (Å²) in [5.74, 6) is 0.0243. The zero-order valence-corrected chi connectivity index (χ0v) is 15.8. The third-order valence-corrected chi connectivity index (χ3v) is 4.85. The SMILES string of the molecule is CC(=O)N[C@@H](C)CCc1ccc(-c2csc(Nc3ccccc3)n2)cc1. The Morgan fingerprint density at radius 2 is 1.85 bits per heavy atom. The second kappa shape index (κ2) is 8.63. The van der Waals surface area contributed by atoms with Crippen LogP contribution in [0.4, 0.5) is 10.8 Å². The van der Waals surface area contributed by atoms with E-state index in [0.29, 0.717) is 0 Å². The average molecular weight is 366 g/mol. The number of benzene rings is 2. The molecular weight excluding hydrogens is 342 g/mol. The van der Waals surface area contributed by atoms with Crippen molar-refractivity contribution >= 4 is 28.1 Å². The van der Waals surface area contributed by atoms with Gasteiger partial charge in [-0.25, -0.2) is 4.98 Å². The first-order chi connectivity index (χ1) is 12.6. The number of rotatable bonds is 7. The van der Waals surface area contributed by atoms with E-state index in [9.17, 15) is 4.79 Å². The van der Waals surface area contributed by atoms with E-state index >= 15 is 0 Å². The Morgan fingerprint density at radius 1 is 1.12 bits per heavy atom. The monoisotopic (exact) mass is 365 g/mol. The molecule has 0 aliphatic heterocycles. The molecule has 0 saturated carbocycles. The van der Waals surface area contributed by atoms with Crippen molar-refractivity contribution in [3.63, 3.8) is 0 Å². The fourth-order valence-electron chi connectivity index (χ4n) is 2.75. The standard InChI is InChI=1S/C21H23N3OS/c1-15(22-16(2)25)8-9-17-10-12-18(13-11-17)20-14-26-21(24-20)23-19-6-4-3-5-7-19/h3-7,10-15H,8-9H2,1-2H3,(H,22,25)(H,23,24)/t15-/m0/s1. The summed E-state index contributed by atoms with van der Waals surface area (Å²) in [6, 6.07) is 18.7. The largest absolute Gasteiger partial charge is 0.354 e. The van der Waals surface area contributed by atoms with Crippen LogP contribution in [0.1, 0.15) is 25.8 Å². The van der Waals surface area contributed by atoms with Gasteiger partial charge in [-0.1, -0.05) is 42.5 Å². The van der Waals surface area contributed by atoms with E-state index in [1.165, 1.54) is 5.56 Å². The third kappa shape index (κ3) is 5.17. The van der Waals surface area contributed by atoms with Gasteiger partial charge in [0.05, 0.1) is 5.69 Å². The van der Waals surface area contributed by atoms with Crippen molar-refractivity contribution in [2.45, 2.75) is 32.7 Å². The lowest BCUT2D eigenvalue weighted by molar-refractivity contribution is -0.119. The van der Waals surface area contributed by atoms with Crippen LogP contribution < -0.4 is 10.6 Å². The molecule has 0 spiro atoms. The number of aryl methyl sites for hydroxylation is 1. The molecule has 0 aliphatic rings. The highest BCUT2D eigenvalue weighted by atomic mass is 32.1. The second-order valence-corrected chi connectivity index (χ2v) is 7.22. The first-order valence-corrected chi connectivity index (χ1v) is 9.62. The number of thiazole rings is 1. The molecule has 1 heterocycles. The van der Waals surface area contributed by atoms with E-state index in [2.05, 4.69) is 45.3 Å². The highest BCUT2D eigenvalue weighted by molar-refractivity contribution is 7.14. The first kappa shape index (κ1) is 18.1. The molecule has 2 N–H and O–H groups in total. The van der Waals surface area contributed by atoms with Crippen LogP contribution in [-0.2, 0) is 11.2 Å². The van der Waals surface area contributed by atoms with E-state index in [4.69, 9.17) is 0 Å². The second-order valence-electron chi connectivity index (χ2n) is 6.37. The van der Waals surface area contributed by atoms with Gasteiger partial charge >= 0.3 is 0 Å². The molecule has 4 nitrogen and oxygen atoms in total. The zero-order chi connectivity index (χ0) is 18.4. The van der Waals surface area contributed by atoms with Crippen LogP contribution in [0.25, 0.3) is 11.3 Å². The highest BCUT2D eigenvalue weighted by Gasteiger charge is 2.07. The molecule has 26 heavy (non-hydrogen) atoms. The molecule has 2 aromatic carbocycles. The lowest BCUT2D eigenvalue weighted by atomic mass is 10.0. The Balaban J connectivity index is 1.59. The van der Waals surface area contributed by atoms with Crippen LogP contribution in [0.5, 0.6) is 0 Å². The van der Waals surface area contributed by atoms with Crippen molar-refractivity contribution in [2.75, 3.05) is 5.32 Å². The van der Waals surface area contributed by atoms with Gasteiger partial charge in [0, 0.05) is 29.6 Å². The van der Waals surface area contributed by atoms with Gasteiger partial charge in [-0.15, -0.1) is 11.3 Å². The molecule has 0 saturated heterocycles. The summed E-state index contributed by atoms with van der Waals surface area (Å²) in [5, 5.41) is 9.20. The quantitative estimate of drug-likeness (QED) is 0.619. The summed E-state index contributed by atoms with van der Waals surface area (Å²) in [7, 11) is 0. The van der Waals surface area contributed by atoms with E-state index in [0.717, 1.165) is 34.9 Å². The Bertz CT molecular complexity index is 843. The molecule has 3 rings (SSSR count). The lowest BCUT2D eigenvalue weighted by Crippen LogP contribution is -2.30. The van der Waals surface area contributed by atoms with E-state index in [1.807, 2.05) is 37.3 Å². The predicted octanol–water partition coefficient (Wildman–Crippen LogP) is 5.01. The fourth-order valence-corrected chi connectivity index (χ4v) is 3.49. The van der Waals surface area contributed by atoms with Crippen LogP contribution in [-0.4, -0.2) is 16.9 Å². The van der Waals surface area contributed by atoms with E-state index < -0.39 is 0 Å². The van der Waals surface area contributed by atoms with E-state index in [1.54, 1.807) is 18.3 Å². The number of nitrogens with zero attached hydrogens (tertiary/aromatic N) is 1. The fraction of sp³-hybridized carbons (Fsp3) is 0.238. The molecule has 1 aromatic heterocycles. The van der Waals surface area contributed by atoms with Gasteiger partial charge in [-0.2, -0.15) is 0 Å². The van der Waals surface area contributed by atoms with Crippen molar-refractivity contribution in [1.82, 2.24) is 10.3 Å². The molecule has 0 bridgehead atoms. The Hall–Kier alpha value is -2.66. The summed E-state index contributed by atoms with van der Waals surface area (Å²) in [4.78, 5) is 15.7. The maximum Gasteiger partial charge on any atom is 0.217 e. The van der Waals surface area contributed by atoms with Crippen molar-refractivity contribution in [3.8, 4) is 11.3 Å². The van der Waals surface area contributed by atoms with Gasteiger partial charge in [0.15, 0.2) is 5.13 Å². The normalized spacial score (nSPS) is 11.8. The minimum absolute atomic E-state index is 0.0243. The third-order valence-electron chi connectivity index (χ3n) is 4.09. The highest BCUT2D eigenvalue weighted by Crippen LogP contribution is 2.27. The van der Waals surface area contributed by atoms with E-state index in [-0.39, 0.29) is 11.9 Å². The summed E-state index contributed by atoms with van der Waals surface area (Å²) in [6.07, 6.45) is 1.88. The Labute approximate surface area is 158 Å². The van der Waals surface area contributed by atoms with Gasteiger partial charge in [0.1, 0.15) is 0 Å². The van der Waals surface area contributed by atoms with Crippen molar-refractivity contribution in [2.24, 2.45) is 0 Å². The number of anilines is 2. The number of hydrogen-bond acceptors (Lipinski definition) is 4. The molecule has 5 heteroatoms. The van der Waals surface area contributed by atoms with Crippen LogP contribution >= 0.6 is 11.3 Å². The summed E-state index contributed by atoms with van der Waals surface area (Å²) >= 11 is 1.60. The number of hydrogen-bond donors (Lipinski definition) is 2. The average Bonchev–Trinajstić information content (AvgIpc) is 3.09. The smallest absolute Gasteiger partial charge is 0.217 e. The van der Waals surface area contributed by atoms with Crippen molar-refractivity contribution < 1.29 is 4.79 Å². The molecule has 3 aromatic rings. The van der Waals surface area contributed by atoms with Gasteiger partial charge in [0.2, 0.25) is 5.91 Å². The van der Waals surface area contributed by atoms with Crippen LogP contribution in [0, 0.1) is 0 Å². The Kier molecular flexibility index (Phi) is 6.02. The molecular formula is C21H23N3OS. The van der Waals surface area contributed by atoms with Gasteiger partial charge in [-0.05, 0) is 37.5 Å². The lowest BCUT2D eigenvalue weighted by Gasteiger charge is -2.12. The first-order valence-electron chi connectivity index (χ1n) is 8.74. The summed E-state index contributed by atoms with van der Waals surface area (Å²) < 4.78 is 0. The number of aromatic nitrogens is 1. The molecule has 134 valence electrons. The van der Waals surface area contributed by atoms with Crippen LogP contribution in [0.2, 0.25) is 0 Å².